The van der Waals surface area contributed by atoms with E-state index >= 15 is 0 Å². The summed E-state index contributed by atoms with van der Waals surface area (Å²) in [6.45, 7) is 1.36. The summed E-state index contributed by atoms with van der Waals surface area (Å²) in [5.74, 6) is -0.301. The van der Waals surface area contributed by atoms with Gasteiger partial charge in [0, 0.05) is 0 Å². The van der Waals surface area contributed by atoms with Crippen LogP contribution in [-0.4, -0.2) is 44.5 Å². The summed E-state index contributed by atoms with van der Waals surface area (Å²) in [5.41, 5.74) is 5.23. The molecule has 12 heavy (non-hydrogen) atoms. The monoisotopic (exact) mass is 197 g/mol. The van der Waals surface area contributed by atoms with Gasteiger partial charge >= 0.3 is 0 Å². The standard InChI is InChI=1S/C6H15NO4S/c1-6(7)11-3-5-12(9,10)4-2-8/h6,8H,2-5,7H2,1H3. The van der Waals surface area contributed by atoms with Gasteiger partial charge in [0.05, 0.1) is 24.7 Å². The van der Waals surface area contributed by atoms with E-state index in [0.717, 1.165) is 0 Å². The Morgan fingerprint density at radius 2 is 2.08 bits per heavy atom. The van der Waals surface area contributed by atoms with E-state index in [0.29, 0.717) is 0 Å². The van der Waals surface area contributed by atoms with E-state index in [2.05, 4.69) is 0 Å². The number of rotatable bonds is 6. The molecule has 0 aliphatic heterocycles. The van der Waals surface area contributed by atoms with Crippen LogP contribution in [0.4, 0.5) is 0 Å². The molecule has 0 aromatic rings. The highest BCUT2D eigenvalue weighted by molar-refractivity contribution is 7.91. The van der Waals surface area contributed by atoms with Gasteiger partial charge in [-0.25, -0.2) is 8.42 Å². The first-order valence-corrected chi connectivity index (χ1v) is 5.48. The molecule has 0 rings (SSSR count). The molecule has 0 aromatic carbocycles. The van der Waals surface area contributed by atoms with Gasteiger partial charge in [0.15, 0.2) is 9.84 Å². The summed E-state index contributed by atoms with van der Waals surface area (Å²) < 4.78 is 26.7. The second-order valence-electron chi connectivity index (χ2n) is 2.45. The molecule has 3 N–H and O–H groups in total. The topological polar surface area (TPSA) is 89.6 Å². The summed E-state index contributed by atoms with van der Waals surface area (Å²) in [4.78, 5) is 0. The van der Waals surface area contributed by atoms with Crippen molar-refractivity contribution in [2.24, 2.45) is 5.73 Å². The number of hydrogen-bond donors (Lipinski definition) is 2. The highest BCUT2D eigenvalue weighted by atomic mass is 32.2. The summed E-state index contributed by atoms with van der Waals surface area (Å²) >= 11 is 0. The number of ether oxygens (including phenoxy) is 1. The molecule has 0 bridgehead atoms. The van der Waals surface area contributed by atoms with Gasteiger partial charge in [-0.05, 0) is 6.92 Å². The van der Waals surface area contributed by atoms with E-state index in [1.54, 1.807) is 6.92 Å². The predicted molar refractivity (Wildman–Crippen MR) is 45.3 cm³/mol. The third-order valence-corrected chi connectivity index (χ3v) is 2.77. The molecule has 6 heteroatoms. The lowest BCUT2D eigenvalue weighted by atomic mass is 10.7. The van der Waals surface area contributed by atoms with Crippen LogP contribution in [0, 0.1) is 0 Å². The highest BCUT2D eigenvalue weighted by Crippen LogP contribution is 1.90. The molecule has 0 saturated heterocycles. The maximum atomic E-state index is 10.9. The van der Waals surface area contributed by atoms with Crippen LogP contribution >= 0.6 is 0 Å². The smallest absolute Gasteiger partial charge is 0.154 e. The van der Waals surface area contributed by atoms with Crippen LogP contribution in [0.25, 0.3) is 0 Å². The van der Waals surface area contributed by atoms with Gasteiger partial charge in [-0.1, -0.05) is 0 Å². The first-order chi connectivity index (χ1) is 5.48. The average Bonchev–Trinajstić information content (AvgIpc) is 1.85. The van der Waals surface area contributed by atoms with Crippen molar-refractivity contribution in [3.05, 3.63) is 0 Å². The van der Waals surface area contributed by atoms with Crippen LogP contribution in [0.15, 0.2) is 0 Å². The van der Waals surface area contributed by atoms with Crippen molar-refractivity contribution in [3.63, 3.8) is 0 Å². The fourth-order valence-electron chi connectivity index (χ4n) is 0.602. The van der Waals surface area contributed by atoms with Gasteiger partial charge in [-0.3, -0.25) is 0 Å². The Morgan fingerprint density at radius 1 is 1.50 bits per heavy atom. The van der Waals surface area contributed by atoms with Gasteiger partial charge in [-0.2, -0.15) is 0 Å². The maximum Gasteiger partial charge on any atom is 0.154 e. The minimum absolute atomic E-state index is 0.0833. The molecule has 0 aliphatic rings. The van der Waals surface area contributed by atoms with E-state index in [1.807, 2.05) is 0 Å². The molecule has 0 amide bonds. The van der Waals surface area contributed by atoms with E-state index in [9.17, 15) is 8.42 Å². The predicted octanol–water partition coefficient (Wildman–Crippen LogP) is -1.29. The fourth-order valence-corrected chi connectivity index (χ4v) is 1.43. The molecule has 5 nitrogen and oxygen atoms in total. The lowest BCUT2D eigenvalue weighted by molar-refractivity contribution is 0.0826. The molecule has 0 saturated carbocycles. The minimum Gasteiger partial charge on any atom is -0.395 e. The van der Waals surface area contributed by atoms with Crippen molar-refractivity contribution >= 4 is 9.84 Å². The third-order valence-electron chi connectivity index (χ3n) is 1.18. The second kappa shape index (κ2) is 5.47. The van der Waals surface area contributed by atoms with E-state index < -0.39 is 16.1 Å². The number of sulfone groups is 1. The van der Waals surface area contributed by atoms with Crippen LogP contribution in [0.1, 0.15) is 6.92 Å². The zero-order valence-corrected chi connectivity index (χ0v) is 7.88. The van der Waals surface area contributed by atoms with Crippen LogP contribution < -0.4 is 5.73 Å². The Hall–Kier alpha value is -0.170. The molecule has 74 valence electrons. The third kappa shape index (κ3) is 6.53. The Labute approximate surface area is 72.4 Å². The molecule has 1 atom stereocenters. The van der Waals surface area contributed by atoms with Crippen molar-refractivity contribution < 1.29 is 18.3 Å². The molecular formula is C6H15NO4S. The molecule has 0 heterocycles. The summed E-state index contributed by atoms with van der Waals surface area (Å²) in [5, 5.41) is 8.37. The fraction of sp³-hybridized carbons (Fsp3) is 1.00. The Kier molecular flexibility index (Phi) is 5.39. The minimum atomic E-state index is -3.16. The quantitative estimate of drug-likeness (QED) is 0.517. The molecule has 0 aliphatic carbocycles. The molecule has 0 radical (unpaired) electrons. The lowest BCUT2D eigenvalue weighted by Gasteiger charge is -2.06. The molecule has 0 spiro atoms. The molecule has 1 unspecified atom stereocenters. The zero-order chi connectivity index (χ0) is 9.61. The van der Waals surface area contributed by atoms with E-state index in [-0.39, 0.29) is 24.7 Å². The normalized spacial score (nSPS) is 14.6. The SMILES string of the molecule is CC(N)OCCS(=O)(=O)CCO. The van der Waals surface area contributed by atoms with E-state index in [4.69, 9.17) is 15.6 Å². The van der Waals surface area contributed by atoms with Gasteiger partial charge < -0.3 is 15.6 Å². The first kappa shape index (κ1) is 11.8. The van der Waals surface area contributed by atoms with Crippen molar-refractivity contribution in [1.82, 2.24) is 0 Å². The lowest BCUT2D eigenvalue weighted by Crippen LogP contribution is -2.24. The number of nitrogens with two attached hydrogens (primary N) is 1. The van der Waals surface area contributed by atoms with Gasteiger partial charge in [0.1, 0.15) is 6.23 Å². The van der Waals surface area contributed by atoms with Crippen LogP contribution in [0.2, 0.25) is 0 Å². The molecular weight excluding hydrogens is 182 g/mol. The maximum absolute atomic E-state index is 10.9. The van der Waals surface area contributed by atoms with Crippen LogP contribution in [-0.2, 0) is 14.6 Å². The molecule has 0 fully saturated rings. The highest BCUT2D eigenvalue weighted by Gasteiger charge is 2.09. The van der Waals surface area contributed by atoms with Crippen molar-refractivity contribution in [3.8, 4) is 0 Å². The summed E-state index contributed by atoms with van der Waals surface area (Å²) in [6, 6.07) is 0. The second-order valence-corrected chi connectivity index (χ2v) is 4.75. The first-order valence-electron chi connectivity index (χ1n) is 3.66. The molecule has 0 aromatic heterocycles. The van der Waals surface area contributed by atoms with Crippen molar-refractivity contribution in [2.45, 2.75) is 13.2 Å². The van der Waals surface area contributed by atoms with Crippen molar-refractivity contribution in [1.29, 1.82) is 0 Å². The van der Waals surface area contributed by atoms with Crippen LogP contribution in [0.5, 0.6) is 0 Å². The Balaban J connectivity index is 3.62. The summed E-state index contributed by atoms with van der Waals surface area (Å²) in [7, 11) is -3.16. The van der Waals surface area contributed by atoms with Gasteiger partial charge in [-0.15, -0.1) is 0 Å². The number of aliphatic hydroxyl groups is 1. The summed E-state index contributed by atoms with van der Waals surface area (Å²) in [6.07, 6.45) is -0.450. The van der Waals surface area contributed by atoms with Gasteiger partial charge in [0.2, 0.25) is 0 Å². The van der Waals surface area contributed by atoms with Gasteiger partial charge in [0.25, 0.3) is 0 Å². The van der Waals surface area contributed by atoms with Crippen molar-refractivity contribution in [2.75, 3.05) is 24.7 Å². The average molecular weight is 197 g/mol. The largest absolute Gasteiger partial charge is 0.395 e. The Morgan fingerprint density at radius 3 is 2.50 bits per heavy atom. The Bertz CT molecular complexity index is 200. The number of aliphatic hydroxyl groups excluding tert-OH is 1. The zero-order valence-electron chi connectivity index (χ0n) is 7.06. The number of hydrogen-bond acceptors (Lipinski definition) is 5. The van der Waals surface area contributed by atoms with Crippen LogP contribution in [0.3, 0.4) is 0 Å². The van der Waals surface area contributed by atoms with E-state index in [1.165, 1.54) is 0 Å².